The zero-order valence-corrected chi connectivity index (χ0v) is 12.4. The van der Waals surface area contributed by atoms with Crippen LogP contribution in [0.5, 0.6) is 0 Å². The Morgan fingerprint density at radius 1 is 1.40 bits per heavy atom. The molecule has 1 heterocycles. The molecular weight excluding hydrogens is 359 g/mol. The summed E-state index contributed by atoms with van der Waals surface area (Å²) in [6.45, 7) is 0. The van der Waals surface area contributed by atoms with E-state index in [-0.39, 0.29) is 16.1 Å². The predicted molar refractivity (Wildman–Crippen MR) is 71.6 cm³/mol. The van der Waals surface area contributed by atoms with Crippen molar-refractivity contribution in [2.75, 3.05) is 7.11 Å². The van der Waals surface area contributed by atoms with Gasteiger partial charge in [-0.25, -0.2) is 4.79 Å². The first-order chi connectivity index (χ1) is 9.34. The third-order valence-corrected chi connectivity index (χ3v) is 4.33. The zero-order chi connectivity index (χ0) is 14.9. The number of halogens is 4. The first-order valence-electron chi connectivity index (χ1n) is 5.25. The zero-order valence-electron chi connectivity index (χ0n) is 9.99. The monoisotopic (exact) mass is 365 g/mol. The summed E-state index contributed by atoms with van der Waals surface area (Å²) >= 11 is 4.03. The largest absolute Gasteiger partial charge is 0.465 e. The average molecular weight is 366 g/mol. The number of rotatable bonds is 2. The molecule has 0 atom stereocenters. The van der Waals surface area contributed by atoms with Gasteiger partial charge >= 0.3 is 12.1 Å². The first kappa shape index (κ1) is 15.0. The molecule has 8 heteroatoms. The Kier molecular flexibility index (Phi) is 4.14. The smallest absolute Gasteiger partial charge is 0.416 e. The van der Waals surface area contributed by atoms with Crippen LogP contribution >= 0.6 is 27.5 Å². The van der Waals surface area contributed by atoms with E-state index in [9.17, 15) is 18.0 Å². The lowest BCUT2D eigenvalue weighted by Gasteiger charge is -2.07. The van der Waals surface area contributed by atoms with E-state index >= 15 is 0 Å². The Balaban J connectivity index is 2.48. The molecule has 0 aliphatic heterocycles. The SMILES string of the molecule is COC(=O)c1snc(-c2cccc(C(F)(F)F)c2)c1Br. The van der Waals surface area contributed by atoms with Crippen LogP contribution in [0.15, 0.2) is 28.7 Å². The van der Waals surface area contributed by atoms with Crippen LogP contribution in [0, 0.1) is 0 Å². The van der Waals surface area contributed by atoms with Crippen LogP contribution in [0.4, 0.5) is 13.2 Å². The van der Waals surface area contributed by atoms with Gasteiger partial charge in [-0.1, -0.05) is 12.1 Å². The summed E-state index contributed by atoms with van der Waals surface area (Å²) in [5, 5.41) is 0. The third kappa shape index (κ3) is 2.85. The topological polar surface area (TPSA) is 39.2 Å². The molecule has 0 aliphatic carbocycles. The maximum atomic E-state index is 12.7. The number of carbonyl (C=O) groups excluding carboxylic acids is 1. The Morgan fingerprint density at radius 3 is 2.70 bits per heavy atom. The van der Waals surface area contributed by atoms with E-state index in [0.29, 0.717) is 4.47 Å². The Bertz CT molecular complexity index is 654. The van der Waals surface area contributed by atoms with Crippen LogP contribution in [0.1, 0.15) is 15.2 Å². The van der Waals surface area contributed by atoms with Crippen LogP contribution in [-0.4, -0.2) is 17.5 Å². The van der Waals surface area contributed by atoms with E-state index in [4.69, 9.17) is 0 Å². The third-order valence-electron chi connectivity index (χ3n) is 2.47. The standard InChI is InChI=1S/C12H7BrF3NO2S/c1-19-11(18)10-8(13)9(17-20-10)6-3-2-4-7(5-6)12(14,15)16/h2-5H,1H3. The van der Waals surface area contributed by atoms with Gasteiger partial charge in [0.25, 0.3) is 0 Å². The van der Waals surface area contributed by atoms with E-state index in [1.807, 2.05) is 0 Å². The molecule has 0 N–H and O–H groups in total. The quantitative estimate of drug-likeness (QED) is 0.741. The van der Waals surface area contributed by atoms with E-state index in [1.165, 1.54) is 19.2 Å². The number of methoxy groups -OCH3 is 1. The average Bonchev–Trinajstić information content (AvgIpc) is 2.79. The van der Waals surface area contributed by atoms with E-state index in [0.717, 1.165) is 23.7 Å². The number of nitrogens with zero attached hydrogens (tertiary/aromatic N) is 1. The Morgan fingerprint density at radius 2 is 2.10 bits per heavy atom. The number of aromatic nitrogens is 1. The van der Waals surface area contributed by atoms with Crippen molar-refractivity contribution in [2.45, 2.75) is 6.18 Å². The van der Waals surface area contributed by atoms with Crippen molar-refractivity contribution in [2.24, 2.45) is 0 Å². The molecule has 2 rings (SSSR count). The van der Waals surface area contributed by atoms with Gasteiger partial charge in [0, 0.05) is 5.56 Å². The second kappa shape index (κ2) is 5.53. The lowest BCUT2D eigenvalue weighted by Crippen LogP contribution is -2.04. The normalized spacial score (nSPS) is 11.4. The van der Waals surface area contributed by atoms with Gasteiger partial charge in [0.05, 0.1) is 22.8 Å². The second-order valence-corrected chi connectivity index (χ2v) is 5.31. The fraction of sp³-hybridized carbons (Fsp3) is 0.167. The minimum atomic E-state index is -4.43. The summed E-state index contributed by atoms with van der Waals surface area (Å²) in [6.07, 6.45) is -4.43. The molecule has 1 aromatic heterocycles. The lowest BCUT2D eigenvalue weighted by molar-refractivity contribution is -0.137. The van der Waals surface area contributed by atoms with Gasteiger partial charge in [-0.05, 0) is 39.6 Å². The van der Waals surface area contributed by atoms with Crippen molar-refractivity contribution >= 4 is 33.4 Å². The molecule has 106 valence electrons. The number of alkyl halides is 3. The van der Waals surface area contributed by atoms with Crippen molar-refractivity contribution in [3.8, 4) is 11.3 Å². The Hall–Kier alpha value is -1.41. The molecule has 0 aliphatic rings. The van der Waals surface area contributed by atoms with Gasteiger partial charge in [-0.3, -0.25) is 0 Å². The molecule has 1 aromatic carbocycles. The van der Waals surface area contributed by atoms with Crippen LogP contribution in [-0.2, 0) is 10.9 Å². The number of esters is 1. The molecule has 0 amide bonds. The highest BCUT2D eigenvalue weighted by molar-refractivity contribution is 9.10. The molecule has 0 fully saturated rings. The van der Waals surface area contributed by atoms with Crippen LogP contribution in [0.3, 0.4) is 0 Å². The van der Waals surface area contributed by atoms with Crippen molar-refractivity contribution in [1.82, 2.24) is 4.37 Å². The highest BCUT2D eigenvalue weighted by Crippen LogP contribution is 2.36. The Labute approximate surface area is 124 Å². The highest BCUT2D eigenvalue weighted by atomic mass is 79.9. The number of ether oxygens (including phenoxy) is 1. The van der Waals surface area contributed by atoms with Gasteiger partial charge in [0.15, 0.2) is 0 Å². The summed E-state index contributed by atoms with van der Waals surface area (Å²) in [7, 11) is 1.22. The van der Waals surface area contributed by atoms with Crippen LogP contribution in [0.25, 0.3) is 11.3 Å². The predicted octanol–water partition coefficient (Wildman–Crippen LogP) is 4.38. The molecule has 3 nitrogen and oxygen atoms in total. The summed E-state index contributed by atoms with van der Waals surface area (Å²) in [5.74, 6) is -0.590. The maximum absolute atomic E-state index is 12.7. The molecule has 0 spiro atoms. The van der Waals surface area contributed by atoms with Crippen molar-refractivity contribution in [3.05, 3.63) is 39.2 Å². The van der Waals surface area contributed by atoms with Gasteiger partial charge < -0.3 is 4.74 Å². The van der Waals surface area contributed by atoms with E-state index in [2.05, 4.69) is 25.0 Å². The number of hydrogen-bond acceptors (Lipinski definition) is 4. The van der Waals surface area contributed by atoms with Gasteiger partial charge in [0.1, 0.15) is 4.88 Å². The molecule has 20 heavy (non-hydrogen) atoms. The maximum Gasteiger partial charge on any atom is 0.416 e. The van der Waals surface area contributed by atoms with Crippen molar-refractivity contribution in [3.63, 3.8) is 0 Å². The van der Waals surface area contributed by atoms with E-state index in [1.54, 1.807) is 0 Å². The summed E-state index contributed by atoms with van der Waals surface area (Å²) in [4.78, 5) is 11.7. The minimum absolute atomic E-state index is 0.208. The van der Waals surface area contributed by atoms with E-state index < -0.39 is 17.7 Å². The molecule has 0 saturated heterocycles. The molecule has 2 aromatic rings. The molecule has 0 saturated carbocycles. The lowest BCUT2D eigenvalue weighted by atomic mass is 10.1. The first-order valence-corrected chi connectivity index (χ1v) is 6.82. The van der Waals surface area contributed by atoms with Gasteiger partial charge in [-0.2, -0.15) is 17.5 Å². The summed E-state index contributed by atoms with van der Waals surface area (Å²) in [5.41, 5.74) is -0.214. The molecule has 0 bridgehead atoms. The number of hydrogen-bond donors (Lipinski definition) is 0. The molecular formula is C12H7BrF3NO2S. The fourth-order valence-corrected chi connectivity index (χ4v) is 3.05. The van der Waals surface area contributed by atoms with Gasteiger partial charge in [-0.15, -0.1) is 0 Å². The van der Waals surface area contributed by atoms with Crippen molar-refractivity contribution < 1.29 is 22.7 Å². The summed E-state index contributed by atoms with van der Waals surface area (Å²) in [6, 6.07) is 4.75. The summed E-state index contributed by atoms with van der Waals surface area (Å²) < 4.78 is 46.9. The highest BCUT2D eigenvalue weighted by Gasteiger charge is 2.31. The van der Waals surface area contributed by atoms with Crippen LogP contribution in [0.2, 0.25) is 0 Å². The minimum Gasteiger partial charge on any atom is -0.465 e. The second-order valence-electron chi connectivity index (χ2n) is 3.74. The number of carbonyl (C=O) groups is 1. The van der Waals surface area contributed by atoms with Crippen LogP contribution < -0.4 is 0 Å². The van der Waals surface area contributed by atoms with Crippen molar-refractivity contribution in [1.29, 1.82) is 0 Å². The fourth-order valence-electron chi connectivity index (χ4n) is 1.52. The molecule has 0 unspecified atom stereocenters. The number of benzene rings is 1. The van der Waals surface area contributed by atoms with Gasteiger partial charge in [0.2, 0.25) is 0 Å². The molecule has 0 radical (unpaired) electrons.